The number of nitrogens with zero attached hydrogens (tertiary/aromatic N) is 2. The van der Waals surface area contributed by atoms with Gasteiger partial charge in [0.15, 0.2) is 0 Å². The number of piperazine rings is 1. The highest BCUT2D eigenvalue weighted by Crippen LogP contribution is 2.28. The second-order valence-corrected chi connectivity index (χ2v) is 6.79. The largest absolute Gasteiger partial charge is 0.313 e. The van der Waals surface area contributed by atoms with E-state index in [0.717, 1.165) is 18.5 Å². The summed E-state index contributed by atoms with van der Waals surface area (Å²) in [5, 5.41) is 3.76. The van der Waals surface area contributed by atoms with Crippen molar-refractivity contribution in [2.24, 2.45) is 5.92 Å². The van der Waals surface area contributed by atoms with Crippen LogP contribution in [0.1, 0.15) is 46.5 Å². The molecule has 3 nitrogen and oxygen atoms in total. The van der Waals surface area contributed by atoms with Crippen LogP contribution >= 0.6 is 0 Å². The summed E-state index contributed by atoms with van der Waals surface area (Å²) < 4.78 is 0. The predicted octanol–water partition coefficient (Wildman–Crippen LogP) is 2.18. The summed E-state index contributed by atoms with van der Waals surface area (Å²) in [6.45, 7) is 11.8. The number of rotatable bonds is 5. The quantitative estimate of drug-likeness (QED) is 0.824. The minimum atomic E-state index is 0.689. The highest BCUT2D eigenvalue weighted by atomic mass is 15.3. The molecule has 3 heteroatoms. The number of likely N-dealkylation sites (N-methyl/N-ethyl adjacent to an activating group) is 2. The zero-order valence-electron chi connectivity index (χ0n) is 13.4. The van der Waals surface area contributed by atoms with E-state index in [0.29, 0.717) is 12.1 Å². The second kappa shape index (κ2) is 7.05. The lowest BCUT2D eigenvalue weighted by Crippen LogP contribution is -2.57. The zero-order chi connectivity index (χ0) is 13.8. The minimum Gasteiger partial charge on any atom is -0.313 e. The van der Waals surface area contributed by atoms with Crippen molar-refractivity contribution in [3.8, 4) is 0 Å². The molecule has 2 fully saturated rings. The van der Waals surface area contributed by atoms with Gasteiger partial charge in [-0.3, -0.25) is 9.80 Å². The van der Waals surface area contributed by atoms with Crippen molar-refractivity contribution >= 4 is 0 Å². The van der Waals surface area contributed by atoms with Crippen LogP contribution in [0.25, 0.3) is 0 Å². The highest BCUT2D eigenvalue weighted by molar-refractivity contribution is 4.88. The Morgan fingerprint density at radius 3 is 2.21 bits per heavy atom. The van der Waals surface area contributed by atoms with Crippen LogP contribution in [-0.4, -0.2) is 61.2 Å². The van der Waals surface area contributed by atoms with E-state index in [4.69, 9.17) is 0 Å². The molecule has 0 aromatic heterocycles. The van der Waals surface area contributed by atoms with Crippen LogP contribution in [0, 0.1) is 5.92 Å². The van der Waals surface area contributed by atoms with Gasteiger partial charge in [-0.1, -0.05) is 19.8 Å². The maximum atomic E-state index is 3.76. The van der Waals surface area contributed by atoms with Crippen LogP contribution in [0.15, 0.2) is 0 Å². The third kappa shape index (κ3) is 3.93. The van der Waals surface area contributed by atoms with Crippen LogP contribution in [0.5, 0.6) is 0 Å². The number of hydrogen-bond acceptors (Lipinski definition) is 3. The van der Waals surface area contributed by atoms with E-state index >= 15 is 0 Å². The molecule has 0 spiro atoms. The molecule has 1 aliphatic heterocycles. The van der Waals surface area contributed by atoms with Crippen molar-refractivity contribution in [3.63, 3.8) is 0 Å². The molecule has 19 heavy (non-hydrogen) atoms. The van der Waals surface area contributed by atoms with Crippen LogP contribution < -0.4 is 5.32 Å². The maximum Gasteiger partial charge on any atom is 0.0223 e. The summed E-state index contributed by atoms with van der Waals surface area (Å²) in [4.78, 5) is 5.22. The summed E-state index contributed by atoms with van der Waals surface area (Å²) in [6, 6.07) is 2.10. The molecule has 3 unspecified atom stereocenters. The first-order valence-electron chi connectivity index (χ1n) is 8.29. The molecular formula is C16H33N3. The lowest BCUT2D eigenvalue weighted by atomic mass is 9.96. The van der Waals surface area contributed by atoms with E-state index < -0.39 is 0 Å². The lowest BCUT2D eigenvalue weighted by molar-refractivity contribution is 0.0498. The van der Waals surface area contributed by atoms with Crippen LogP contribution in [0.2, 0.25) is 0 Å². The third-order valence-electron chi connectivity index (χ3n) is 5.33. The van der Waals surface area contributed by atoms with E-state index in [-0.39, 0.29) is 0 Å². The van der Waals surface area contributed by atoms with Crippen molar-refractivity contribution in [1.82, 2.24) is 15.1 Å². The van der Waals surface area contributed by atoms with Gasteiger partial charge in [0.1, 0.15) is 0 Å². The molecule has 0 radical (unpaired) electrons. The van der Waals surface area contributed by atoms with Gasteiger partial charge in [0, 0.05) is 37.8 Å². The van der Waals surface area contributed by atoms with Gasteiger partial charge in [-0.15, -0.1) is 0 Å². The SMILES string of the molecule is CCNC(CN1CC(C)N(C)C(C)C1)C1CCCC1. The first-order valence-corrected chi connectivity index (χ1v) is 8.29. The van der Waals surface area contributed by atoms with Gasteiger partial charge >= 0.3 is 0 Å². The number of nitrogens with one attached hydrogen (secondary N) is 1. The third-order valence-corrected chi connectivity index (χ3v) is 5.33. The van der Waals surface area contributed by atoms with Crippen LogP contribution in [0.3, 0.4) is 0 Å². The monoisotopic (exact) mass is 267 g/mol. The van der Waals surface area contributed by atoms with Gasteiger partial charge in [0.05, 0.1) is 0 Å². The normalized spacial score (nSPS) is 32.8. The minimum absolute atomic E-state index is 0.689. The summed E-state index contributed by atoms with van der Waals surface area (Å²) in [6.07, 6.45) is 5.78. The van der Waals surface area contributed by atoms with E-state index in [2.05, 4.69) is 42.9 Å². The molecule has 1 saturated carbocycles. The Labute approximate surface area is 119 Å². The van der Waals surface area contributed by atoms with Gasteiger partial charge in [0.2, 0.25) is 0 Å². The topological polar surface area (TPSA) is 18.5 Å². The van der Waals surface area contributed by atoms with E-state index in [1.807, 2.05) is 0 Å². The Hall–Kier alpha value is -0.120. The van der Waals surface area contributed by atoms with Crippen molar-refractivity contribution in [3.05, 3.63) is 0 Å². The molecule has 0 bridgehead atoms. The van der Waals surface area contributed by atoms with Gasteiger partial charge in [0.25, 0.3) is 0 Å². The Morgan fingerprint density at radius 2 is 1.68 bits per heavy atom. The molecule has 1 heterocycles. The Kier molecular flexibility index (Phi) is 5.67. The summed E-state index contributed by atoms with van der Waals surface area (Å²) in [5.74, 6) is 0.921. The van der Waals surface area contributed by atoms with Crippen molar-refractivity contribution in [1.29, 1.82) is 0 Å². The molecule has 0 amide bonds. The molecule has 1 aliphatic carbocycles. The van der Waals surface area contributed by atoms with Gasteiger partial charge in [-0.2, -0.15) is 0 Å². The van der Waals surface area contributed by atoms with Crippen LogP contribution in [-0.2, 0) is 0 Å². The van der Waals surface area contributed by atoms with Crippen molar-refractivity contribution in [2.75, 3.05) is 33.2 Å². The summed E-state index contributed by atoms with van der Waals surface area (Å²) in [5.41, 5.74) is 0. The Bertz CT molecular complexity index is 251. The molecule has 0 aromatic carbocycles. The Balaban J connectivity index is 1.89. The first-order chi connectivity index (χ1) is 9.11. The highest BCUT2D eigenvalue weighted by Gasteiger charge is 2.31. The molecule has 2 aliphatic rings. The fourth-order valence-corrected chi connectivity index (χ4v) is 3.94. The molecule has 3 atom stereocenters. The van der Waals surface area contributed by atoms with Gasteiger partial charge < -0.3 is 5.32 Å². The molecular weight excluding hydrogens is 234 g/mol. The molecule has 112 valence electrons. The fraction of sp³-hybridized carbons (Fsp3) is 1.00. The fourth-order valence-electron chi connectivity index (χ4n) is 3.94. The summed E-state index contributed by atoms with van der Waals surface area (Å²) in [7, 11) is 2.27. The Morgan fingerprint density at radius 1 is 1.11 bits per heavy atom. The average Bonchev–Trinajstić information content (AvgIpc) is 2.89. The smallest absolute Gasteiger partial charge is 0.0223 e. The molecule has 1 N–H and O–H groups in total. The standard InChI is InChI=1S/C16H33N3/c1-5-17-16(15-8-6-7-9-15)12-19-10-13(2)18(4)14(3)11-19/h13-17H,5-12H2,1-4H3. The molecule has 2 rings (SSSR count). The van der Waals surface area contributed by atoms with Gasteiger partial charge in [-0.25, -0.2) is 0 Å². The van der Waals surface area contributed by atoms with Crippen molar-refractivity contribution in [2.45, 2.75) is 64.6 Å². The molecule has 1 saturated heterocycles. The number of hydrogen-bond donors (Lipinski definition) is 1. The van der Waals surface area contributed by atoms with E-state index in [9.17, 15) is 0 Å². The maximum absolute atomic E-state index is 3.76. The second-order valence-electron chi connectivity index (χ2n) is 6.79. The first kappa shape index (κ1) is 15.3. The van der Waals surface area contributed by atoms with E-state index in [1.54, 1.807) is 0 Å². The van der Waals surface area contributed by atoms with Crippen LogP contribution in [0.4, 0.5) is 0 Å². The molecule has 0 aromatic rings. The van der Waals surface area contributed by atoms with Crippen molar-refractivity contribution < 1.29 is 0 Å². The predicted molar refractivity (Wildman–Crippen MR) is 82.5 cm³/mol. The lowest BCUT2D eigenvalue weighted by Gasteiger charge is -2.44. The zero-order valence-corrected chi connectivity index (χ0v) is 13.4. The van der Waals surface area contributed by atoms with Gasteiger partial charge in [-0.05, 0) is 46.2 Å². The van der Waals surface area contributed by atoms with E-state index in [1.165, 1.54) is 45.3 Å². The average molecular weight is 267 g/mol. The summed E-state index contributed by atoms with van der Waals surface area (Å²) >= 11 is 0.